The zero-order valence-electron chi connectivity index (χ0n) is 21.8. The van der Waals surface area contributed by atoms with Crippen LogP contribution in [-0.4, -0.2) is 40.0 Å². The predicted molar refractivity (Wildman–Crippen MR) is 155 cm³/mol. The Hall–Kier alpha value is -3.46. The Morgan fingerprint density at radius 3 is 2.55 bits per heavy atom. The first-order valence-electron chi connectivity index (χ1n) is 12.4. The Balaban J connectivity index is 1.61. The highest BCUT2D eigenvalue weighted by molar-refractivity contribution is 7.80. The highest BCUT2D eigenvalue weighted by Crippen LogP contribution is 2.44. The second-order valence-corrected chi connectivity index (χ2v) is 10.1. The van der Waals surface area contributed by atoms with Gasteiger partial charge in [0.25, 0.3) is 0 Å². The maximum Gasteiger partial charge on any atom is 0.174 e. The fraction of sp³-hybridized carbons (Fsp3) is 0.276. The quantitative estimate of drug-likeness (QED) is 0.213. The summed E-state index contributed by atoms with van der Waals surface area (Å²) in [5, 5.41) is 4.64. The molecule has 1 N–H and O–H groups in total. The van der Waals surface area contributed by atoms with Gasteiger partial charge in [0.2, 0.25) is 0 Å². The van der Waals surface area contributed by atoms with E-state index >= 15 is 0 Å². The number of nitrogens with zero attached hydrogens (tertiary/aromatic N) is 4. The van der Waals surface area contributed by atoms with Crippen molar-refractivity contribution in [2.24, 2.45) is 0 Å². The number of aryl methyl sites for hydroxylation is 2. The number of hydrogen-bond acceptors (Lipinski definition) is 5. The molecule has 0 saturated carbocycles. The predicted octanol–water partition coefficient (Wildman–Crippen LogP) is 6.05. The van der Waals surface area contributed by atoms with Gasteiger partial charge in [0.1, 0.15) is 18.2 Å². The van der Waals surface area contributed by atoms with Gasteiger partial charge in [0.15, 0.2) is 5.11 Å². The molecule has 4 heterocycles. The van der Waals surface area contributed by atoms with Crippen molar-refractivity contribution in [2.45, 2.75) is 32.9 Å². The van der Waals surface area contributed by atoms with Gasteiger partial charge in [-0.2, -0.15) is 0 Å². The van der Waals surface area contributed by atoms with Crippen LogP contribution in [0.5, 0.6) is 5.75 Å². The smallest absolute Gasteiger partial charge is 0.174 e. The van der Waals surface area contributed by atoms with Crippen molar-refractivity contribution in [3.63, 3.8) is 0 Å². The highest BCUT2D eigenvalue weighted by atomic mass is 35.5. The first-order valence-corrected chi connectivity index (χ1v) is 13.2. The van der Waals surface area contributed by atoms with Gasteiger partial charge in [0, 0.05) is 36.6 Å². The van der Waals surface area contributed by atoms with Gasteiger partial charge < -0.3 is 24.3 Å². The van der Waals surface area contributed by atoms with Crippen LogP contribution in [0.2, 0.25) is 5.02 Å². The zero-order valence-corrected chi connectivity index (χ0v) is 23.4. The van der Waals surface area contributed by atoms with E-state index < -0.39 is 0 Å². The summed E-state index contributed by atoms with van der Waals surface area (Å²) in [7, 11) is 1.64. The van der Waals surface area contributed by atoms with Gasteiger partial charge in [0.05, 0.1) is 29.4 Å². The van der Waals surface area contributed by atoms with Crippen LogP contribution in [0.4, 0.5) is 5.69 Å². The molecule has 4 aromatic rings. The molecule has 7 nitrogen and oxygen atoms in total. The summed E-state index contributed by atoms with van der Waals surface area (Å²) < 4.78 is 13.1. The first kappa shape index (κ1) is 26.2. The Labute approximate surface area is 233 Å². The fourth-order valence-corrected chi connectivity index (χ4v) is 5.60. The number of rotatable bonds is 8. The minimum absolute atomic E-state index is 0.167. The molecule has 0 unspecified atom stereocenters. The molecule has 0 spiro atoms. The number of pyridine rings is 2. The number of aromatic nitrogens is 3. The number of anilines is 1. The lowest BCUT2D eigenvalue weighted by Crippen LogP contribution is -2.29. The van der Waals surface area contributed by atoms with Crippen molar-refractivity contribution < 1.29 is 9.47 Å². The third-order valence-electron chi connectivity index (χ3n) is 6.76. The van der Waals surface area contributed by atoms with Crippen molar-refractivity contribution in [3.05, 3.63) is 100 Å². The maximum absolute atomic E-state index is 6.66. The summed E-state index contributed by atoms with van der Waals surface area (Å²) in [6.07, 6.45) is 3.65. The molecule has 9 heteroatoms. The molecular weight excluding hydrogens is 518 g/mol. The van der Waals surface area contributed by atoms with Gasteiger partial charge in [-0.1, -0.05) is 17.7 Å². The minimum Gasteiger partial charge on any atom is -0.490 e. The van der Waals surface area contributed by atoms with E-state index in [1.165, 1.54) is 0 Å². The third-order valence-corrected chi connectivity index (χ3v) is 7.37. The van der Waals surface area contributed by atoms with Crippen LogP contribution < -0.4 is 15.0 Å². The van der Waals surface area contributed by atoms with E-state index in [1.54, 1.807) is 7.11 Å². The van der Waals surface area contributed by atoms with Crippen LogP contribution in [0.1, 0.15) is 40.3 Å². The molecule has 5 rings (SSSR count). The van der Waals surface area contributed by atoms with Crippen molar-refractivity contribution in [1.82, 2.24) is 19.9 Å². The van der Waals surface area contributed by atoms with E-state index in [-0.39, 0.29) is 12.1 Å². The number of hydrogen-bond donors (Lipinski definition) is 1. The number of nitrogens with one attached hydrogen (secondary N) is 1. The number of methoxy groups -OCH3 is 1. The molecule has 196 valence electrons. The van der Waals surface area contributed by atoms with Crippen LogP contribution >= 0.6 is 23.8 Å². The van der Waals surface area contributed by atoms with Gasteiger partial charge >= 0.3 is 0 Å². The van der Waals surface area contributed by atoms with Crippen LogP contribution in [0.15, 0.2) is 67.0 Å². The van der Waals surface area contributed by atoms with Gasteiger partial charge in [-0.25, -0.2) is 4.98 Å². The van der Waals surface area contributed by atoms with E-state index in [9.17, 15) is 0 Å². The monoisotopic (exact) mass is 547 g/mol. The van der Waals surface area contributed by atoms with Crippen molar-refractivity contribution in [2.75, 3.05) is 25.2 Å². The Bertz CT molecular complexity index is 1460. The summed E-state index contributed by atoms with van der Waals surface area (Å²) in [5.74, 6) is 1.49. The average molecular weight is 548 g/mol. The van der Waals surface area contributed by atoms with E-state index in [0.717, 1.165) is 39.7 Å². The Kier molecular flexibility index (Phi) is 7.65. The van der Waals surface area contributed by atoms with Gasteiger partial charge in [-0.3, -0.25) is 4.98 Å². The first-order chi connectivity index (χ1) is 18.4. The number of halogens is 1. The van der Waals surface area contributed by atoms with Crippen LogP contribution in [-0.2, 0) is 4.74 Å². The molecule has 38 heavy (non-hydrogen) atoms. The van der Waals surface area contributed by atoms with Crippen LogP contribution in [0.25, 0.3) is 5.82 Å². The SMILES string of the molecule is COCCOc1ccc(N2C(=S)N[C@H](c3ccccn3)[C@H]2c2cc(C)n(-c3cc(C)ccn3)c2C)cc1Cl. The second-order valence-electron chi connectivity index (χ2n) is 9.31. The van der Waals surface area contributed by atoms with E-state index in [2.05, 4.69) is 57.7 Å². The fourth-order valence-electron chi connectivity index (χ4n) is 5.02. The molecule has 0 amide bonds. The summed E-state index contributed by atoms with van der Waals surface area (Å²) in [6, 6.07) is 17.7. The molecule has 0 aliphatic carbocycles. The molecule has 2 atom stereocenters. The summed E-state index contributed by atoms with van der Waals surface area (Å²) in [6.45, 7) is 7.20. The molecule has 3 aromatic heterocycles. The lowest BCUT2D eigenvalue weighted by molar-refractivity contribution is 0.146. The number of ether oxygens (including phenoxy) is 2. The molecule has 1 aliphatic heterocycles. The molecule has 1 saturated heterocycles. The molecule has 1 fully saturated rings. The molecule has 1 aliphatic rings. The van der Waals surface area contributed by atoms with Crippen molar-refractivity contribution >= 4 is 34.6 Å². The molecule has 1 aromatic carbocycles. The van der Waals surface area contributed by atoms with Gasteiger partial charge in [-0.05, 0) is 92.6 Å². The topological polar surface area (TPSA) is 64.4 Å². The lowest BCUT2D eigenvalue weighted by Gasteiger charge is -2.28. The minimum atomic E-state index is -0.168. The van der Waals surface area contributed by atoms with E-state index in [0.29, 0.717) is 29.1 Å². The maximum atomic E-state index is 6.66. The van der Waals surface area contributed by atoms with Crippen LogP contribution in [0.3, 0.4) is 0 Å². The third kappa shape index (κ3) is 4.99. The van der Waals surface area contributed by atoms with E-state index in [4.69, 9.17) is 33.3 Å². The normalized spacial score (nSPS) is 17.1. The molecule has 0 radical (unpaired) electrons. The highest BCUT2D eigenvalue weighted by Gasteiger charge is 2.42. The second kappa shape index (κ2) is 11.1. The Morgan fingerprint density at radius 2 is 1.84 bits per heavy atom. The summed E-state index contributed by atoms with van der Waals surface area (Å²) >= 11 is 12.6. The number of thiocarbonyl (C=S) groups is 1. The van der Waals surface area contributed by atoms with Crippen molar-refractivity contribution in [3.8, 4) is 11.6 Å². The zero-order chi connectivity index (χ0) is 26.8. The average Bonchev–Trinajstić information content (AvgIpc) is 3.40. The standard InChI is InChI=1S/C29H30ClN5O2S/c1-18-10-12-32-26(15-18)34-19(2)16-22(20(34)3)28-27(24-7-5-6-11-31-24)33-29(38)35(28)21-8-9-25(23(30)17-21)37-14-13-36-4/h5-12,15-17,27-28H,13-14H2,1-4H3,(H,33,38)/t27-,28-/m1/s1. The lowest BCUT2D eigenvalue weighted by atomic mass is 9.96. The molecule has 0 bridgehead atoms. The summed E-state index contributed by atoms with van der Waals surface area (Å²) in [4.78, 5) is 11.4. The van der Waals surface area contributed by atoms with E-state index in [1.807, 2.05) is 54.9 Å². The van der Waals surface area contributed by atoms with Gasteiger partial charge in [-0.15, -0.1) is 0 Å². The molecular formula is C29H30ClN5O2S. The Morgan fingerprint density at radius 1 is 1.00 bits per heavy atom. The number of benzene rings is 1. The summed E-state index contributed by atoms with van der Waals surface area (Å²) in [5.41, 5.74) is 6.25. The van der Waals surface area contributed by atoms with Crippen molar-refractivity contribution in [1.29, 1.82) is 0 Å². The van der Waals surface area contributed by atoms with Crippen LogP contribution in [0, 0.1) is 20.8 Å². The largest absolute Gasteiger partial charge is 0.490 e.